The second-order valence-corrected chi connectivity index (χ2v) is 5.44. The highest BCUT2D eigenvalue weighted by Crippen LogP contribution is 2.35. The van der Waals surface area contributed by atoms with Crippen molar-refractivity contribution in [2.75, 3.05) is 0 Å². The number of nitrogens with zero attached hydrogens (tertiary/aromatic N) is 1. The van der Waals surface area contributed by atoms with E-state index in [2.05, 4.69) is 0 Å². The molecule has 92 valence electrons. The zero-order chi connectivity index (χ0) is 13.4. The van der Waals surface area contributed by atoms with Crippen LogP contribution in [0.2, 0.25) is 0 Å². The van der Waals surface area contributed by atoms with E-state index in [9.17, 15) is 26.0 Å². The fraction of sp³-hybridized carbons (Fsp3) is 0.125. The van der Waals surface area contributed by atoms with Crippen LogP contribution in [-0.4, -0.2) is 8.42 Å². The molecule has 0 N–H and O–H groups in total. The Hall–Kier alpha value is -1.33. The molecule has 0 amide bonds. The van der Waals surface area contributed by atoms with E-state index in [1.807, 2.05) is 0 Å². The normalized spacial score (nSPS) is 12.2. The number of halogens is 5. The van der Waals surface area contributed by atoms with Crippen molar-refractivity contribution in [3.63, 3.8) is 0 Å². The minimum atomic E-state index is -5.05. The maximum absolute atomic E-state index is 13.1. The molecule has 1 aromatic rings. The first kappa shape index (κ1) is 13.7. The van der Waals surface area contributed by atoms with Gasteiger partial charge in [-0.05, 0) is 12.1 Å². The molecule has 0 saturated carbocycles. The average molecular weight is 288 g/mol. The minimum Gasteiger partial charge on any atom is -0.207 e. The molecular weight excluding hydrogens is 286 g/mol. The quantitative estimate of drug-likeness (QED) is 0.589. The summed E-state index contributed by atoms with van der Waals surface area (Å²) >= 11 is 0. The van der Waals surface area contributed by atoms with Gasteiger partial charge in [0.05, 0.1) is 16.0 Å². The Morgan fingerprint density at radius 2 is 1.82 bits per heavy atom. The molecule has 1 aromatic carbocycles. The summed E-state index contributed by atoms with van der Waals surface area (Å²) in [5.41, 5.74) is -2.96. The predicted molar refractivity (Wildman–Crippen MR) is 49.2 cm³/mol. The number of nitriles is 1. The molecule has 0 atom stereocenters. The largest absolute Gasteiger partial charge is 0.417 e. The highest BCUT2D eigenvalue weighted by Gasteiger charge is 2.36. The maximum atomic E-state index is 13.1. The molecule has 0 bridgehead atoms. The molecule has 17 heavy (non-hydrogen) atoms. The van der Waals surface area contributed by atoms with Gasteiger partial charge in [-0.2, -0.15) is 18.4 Å². The highest BCUT2D eigenvalue weighted by molar-refractivity contribution is 8.13. The molecule has 0 radical (unpaired) electrons. The maximum Gasteiger partial charge on any atom is 0.417 e. The van der Waals surface area contributed by atoms with Crippen LogP contribution in [0.3, 0.4) is 0 Å². The Balaban J connectivity index is 3.70. The van der Waals surface area contributed by atoms with Crippen LogP contribution in [-0.2, 0) is 15.2 Å². The van der Waals surface area contributed by atoms with E-state index in [1.54, 1.807) is 0 Å². The fourth-order valence-electron chi connectivity index (χ4n) is 1.06. The lowest BCUT2D eigenvalue weighted by molar-refractivity contribution is -0.138. The molecule has 0 fully saturated rings. The Kier molecular flexibility index (Phi) is 3.36. The van der Waals surface area contributed by atoms with Crippen molar-refractivity contribution in [3.05, 3.63) is 29.1 Å². The third-order valence-electron chi connectivity index (χ3n) is 1.76. The van der Waals surface area contributed by atoms with Crippen molar-refractivity contribution in [3.8, 4) is 6.07 Å². The highest BCUT2D eigenvalue weighted by atomic mass is 35.7. The second kappa shape index (κ2) is 4.16. The summed E-state index contributed by atoms with van der Waals surface area (Å²) < 4.78 is 72.0. The molecule has 0 aromatic heterocycles. The second-order valence-electron chi connectivity index (χ2n) is 2.88. The van der Waals surface area contributed by atoms with E-state index in [1.165, 1.54) is 0 Å². The molecule has 0 aliphatic carbocycles. The van der Waals surface area contributed by atoms with Crippen LogP contribution >= 0.6 is 10.7 Å². The van der Waals surface area contributed by atoms with Crippen LogP contribution in [0.5, 0.6) is 0 Å². The predicted octanol–water partition coefficient (Wildman–Crippen LogP) is 2.64. The van der Waals surface area contributed by atoms with Crippen LogP contribution in [0.1, 0.15) is 11.1 Å². The van der Waals surface area contributed by atoms with Gasteiger partial charge in [0.1, 0.15) is 11.9 Å². The summed E-state index contributed by atoms with van der Waals surface area (Å²) in [6, 6.07) is 1.39. The number of rotatable bonds is 1. The number of alkyl halides is 3. The topological polar surface area (TPSA) is 57.9 Å². The van der Waals surface area contributed by atoms with E-state index in [4.69, 9.17) is 15.9 Å². The SMILES string of the molecule is N#Cc1c(F)cc(S(=O)(=O)Cl)cc1C(F)(F)F. The molecule has 0 aliphatic heterocycles. The first-order chi connectivity index (χ1) is 7.57. The minimum absolute atomic E-state index is 0.115. The van der Waals surface area contributed by atoms with Crippen LogP contribution in [0.15, 0.2) is 17.0 Å². The molecule has 0 saturated heterocycles. The Morgan fingerprint density at radius 3 is 2.18 bits per heavy atom. The smallest absolute Gasteiger partial charge is 0.207 e. The Labute approximate surface area is 97.6 Å². The van der Waals surface area contributed by atoms with Gasteiger partial charge in [0, 0.05) is 10.7 Å². The van der Waals surface area contributed by atoms with E-state index in [-0.39, 0.29) is 12.1 Å². The fourth-order valence-corrected chi connectivity index (χ4v) is 1.83. The van der Waals surface area contributed by atoms with E-state index >= 15 is 0 Å². The lowest BCUT2D eigenvalue weighted by Crippen LogP contribution is -2.11. The zero-order valence-corrected chi connectivity index (χ0v) is 9.29. The molecule has 1 rings (SSSR count). The summed E-state index contributed by atoms with van der Waals surface area (Å²) in [5.74, 6) is -1.60. The summed E-state index contributed by atoms with van der Waals surface area (Å²) in [4.78, 5) is -1.05. The Bertz CT molecular complexity index is 603. The number of benzene rings is 1. The van der Waals surface area contributed by atoms with Gasteiger partial charge in [0.2, 0.25) is 0 Å². The molecule has 0 spiro atoms. The van der Waals surface area contributed by atoms with Crippen molar-refractivity contribution in [1.82, 2.24) is 0 Å². The third kappa shape index (κ3) is 2.87. The van der Waals surface area contributed by atoms with E-state index < -0.39 is 37.1 Å². The van der Waals surface area contributed by atoms with Gasteiger partial charge < -0.3 is 0 Å². The van der Waals surface area contributed by atoms with Gasteiger partial charge >= 0.3 is 6.18 Å². The van der Waals surface area contributed by atoms with Gasteiger partial charge in [-0.3, -0.25) is 0 Å². The zero-order valence-electron chi connectivity index (χ0n) is 7.72. The molecule has 0 unspecified atom stereocenters. The standard InChI is InChI=1S/C8H2ClF4NO2S/c9-17(15,16)4-1-6(8(11,12)13)5(3-14)7(10)2-4/h1-2H. The molecule has 9 heteroatoms. The number of hydrogen-bond donors (Lipinski definition) is 0. The van der Waals surface area contributed by atoms with Crippen LogP contribution in [0.25, 0.3) is 0 Å². The van der Waals surface area contributed by atoms with Gasteiger partial charge in [-0.15, -0.1) is 0 Å². The summed E-state index contributed by atoms with van der Waals surface area (Å²) in [6.45, 7) is 0. The average Bonchev–Trinajstić information content (AvgIpc) is 2.13. The van der Waals surface area contributed by atoms with Crippen LogP contribution < -0.4 is 0 Å². The molecule has 0 aliphatic rings. The van der Waals surface area contributed by atoms with Crippen molar-refractivity contribution in [2.24, 2.45) is 0 Å². The first-order valence-electron chi connectivity index (χ1n) is 3.83. The van der Waals surface area contributed by atoms with Crippen molar-refractivity contribution < 1.29 is 26.0 Å². The van der Waals surface area contributed by atoms with Gasteiger partial charge in [-0.1, -0.05) is 0 Å². The summed E-state index contributed by atoms with van der Waals surface area (Å²) in [6.07, 6.45) is -5.05. The van der Waals surface area contributed by atoms with Crippen molar-refractivity contribution in [1.29, 1.82) is 5.26 Å². The van der Waals surface area contributed by atoms with E-state index in [0.717, 1.165) is 6.07 Å². The van der Waals surface area contributed by atoms with E-state index in [0.29, 0.717) is 0 Å². The lowest BCUT2D eigenvalue weighted by atomic mass is 10.1. The Morgan fingerprint density at radius 1 is 1.29 bits per heavy atom. The monoisotopic (exact) mass is 287 g/mol. The first-order valence-corrected chi connectivity index (χ1v) is 6.14. The third-order valence-corrected chi connectivity index (χ3v) is 3.10. The van der Waals surface area contributed by atoms with Crippen LogP contribution in [0.4, 0.5) is 17.6 Å². The van der Waals surface area contributed by atoms with Gasteiger partial charge in [0.25, 0.3) is 9.05 Å². The number of hydrogen-bond acceptors (Lipinski definition) is 3. The van der Waals surface area contributed by atoms with Gasteiger partial charge in [0.15, 0.2) is 0 Å². The van der Waals surface area contributed by atoms with Crippen molar-refractivity contribution in [2.45, 2.75) is 11.1 Å². The summed E-state index contributed by atoms with van der Waals surface area (Å²) in [7, 11) is 0.293. The molecule has 3 nitrogen and oxygen atoms in total. The lowest BCUT2D eigenvalue weighted by Gasteiger charge is -2.10. The van der Waals surface area contributed by atoms with Crippen molar-refractivity contribution >= 4 is 19.7 Å². The summed E-state index contributed by atoms with van der Waals surface area (Å²) in [5, 5.41) is 8.38. The van der Waals surface area contributed by atoms with Gasteiger partial charge in [-0.25, -0.2) is 12.8 Å². The molecule has 0 heterocycles. The molecular formula is C8H2ClF4NO2S. The van der Waals surface area contributed by atoms with Crippen LogP contribution in [0, 0.1) is 17.1 Å².